The predicted molar refractivity (Wildman–Crippen MR) is 89.7 cm³/mol. The Balaban J connectivity index is 1.99. The molecule has 2 rings (SSSR count). The van der Waals surface area contributed by atoms with E-state index in [0.29, 0.717) is 13.2 Å². The van der Waals surface area contributed by atoms with Crippen molar-refractivity contribution < 1.29 is 9.47 Å². The summed E-state index contributed by atoms with van der Waals surface area (Å²) in [4.78, 5) is 4.64. The quantitative estimate of drug-likeness (QED) is 0.572. The maximum Gasteiger partial charge on any atom is 0.191 e. The van der Waals surface area contributed by atoms with Gasteiger partial charge < -0.3 is 20.1 Å². The molecule has 1 aliphatic rings. The van der Waals surface area contributed by atoms with Crippen LogP contribution in [0.3, 0.4) is 0 Å². The number of guanidine groups is 1. The monoisotopic (exact) mass is 305 g/mol. The number of methoxy groups -OCH3 is 1. The molecule has 22 heavy (non-hydrogen) atoms. The summed E-state index contributed by atoms with van der Waals surface area (Å²) >= 11 is 0. The van der Waals surface area contributed by atoms with Crippen molar-refractivity contribution >= 4 is 5.96 Å². The Morgan fingerprint density at radius 3 is 2.68 bits per heavy atom. The number of ether oxygens (including phenoxy) is 2. The van der Waals surface area contributed by atoms with Crippen LogP contribution in [-0.4, -0.2) is 32.8 Å². The van der Waals surface area contributed by atoms with Gasteiger partial charge in [-0.05, 0) is 50.3 Å². The van der Waals surface area contributed by atoms with Crippen LogP contribution in [0.15, 0.2) is 23.2 Å². The first-order valence-corrected chi connectivity index (χ1v) is 8.08. The summed E-state index contributed by atoms with van der Waals surface area (Å²) in [5, 5.41) is 6.68. The molecule has 0 atom stereocenters. The van der Waals surface area contributed by atoms with E-state index in [2.05, 4.69) is 22.5 Å². The number of hydrogen-bond acceptors (Lipinski definition) is 3. The van der Waals surface area contributed by atoms with Gasteiger partial charge in [0.1, 0.15) is 0 Å². The van der Waals surface area contributed by atoms with Gasteiger partial charge in [-0.2, -0.15) is 0 Å². The highest BCUT2D eigenvalue weighted by Gasteiger charge is 2.21. The summed E-state index contributed by atoms with van der Waals surface area (Å²) in [5.74, 6) is 3.24. The fourth-order valence-corrected chi connectivity index (χ4v) is 2.16. The number of nitrogens with zero attached hydrogens (tertiary/aromatic N) is 1. The fourth-order valence-electron chi connectivity index (χ4n) is 2.16. The third-order valence-corrected chi connectivity index (χ3v) is 3.55. The van der Waals surface area contributed by atoms with Gasteiger partial charge in [-0.25, -0.2) is 4.99 Å². The van der Waals surface area contributed by atoms with E-state index in [4.69, 9.17) is 9.47 Å². The summed E-state index contributed by atoms with van der Waals surface area (Å²) < 4.78 is 10.9. The molecule has 1 aromatic carbocycles. The molecule has 0 saturated heterocycles. The number of hydrogen-bond donors (Lipinski definition) is 2. The molecule has 2 N–H and O–H groups in total. The third kappa shape index (κ3) is 5.13. The molecule has 122 valence electrons. The van der Waals surface area contributed by atoms with Crippen molar-refractivity contribution in [3.8, 4) is 11.5 Å². The summed E-state index contributed by atoms with van der Waals surface area (Å²) in [6, 6.07) is 5.95. The Kier molecular flexibility index (Phi) is 6.37. The summed E-state index contributed by atoms with van der Waals surface area (Å²) in [7, 11) is 1.65. The Morgan fingerprint density at radius 2 is 2.05 bits per heavy atom. The lowest BCUT2D eigenvalue weighted by Crippen LogP contribution is -2.38. The van der Waals surface area contributed by atoms with E-state index >= 15 is 0 Å². The molecule has 1 fully saturated rings. The lowest BCUT2D eigenvalue weighted by atomic mass is 10.2. The van der Waals surface area contributed by atoms with Crippen molar-refractivity contribution in [2.24, 2.45) is 10.9 Å². The number of aliphatic imine (C=N–C) groups is 1. The highest BCUT2D eigenvalue weighted by molar-refractivity contribution is 5.79. The highest BCUT2D eigenvalue weighted by atomic mass is 16.5. The van der Waals surface area contributed by atoms with E-state index in [1.165, 1.54) is 12.8 Å². The van der Waals surface area contributed by atoms with Gasteiger partial charge in [-0.15, -0.1) is 0 Å². The second-order valence-corrected chi connectivity index (χ2v) is 5.44. The molecule has 1 aliphatic carbocycles. The SMILES string of the molecule is CCNC(=NCc1ccc(OC)c(OCC)c1)NCC1CC1. The maximum atomic E-state index is 5.61. The van der Waals surface area contributed by atoms with Crippen LogP contribution in [0.2, 0.25) is 0 Å². The van der Waals surface area contributed by atoms with Crippen LogP contribution in [0, 0.1) is 5.92 Å². The van der Waals surface area contributed by atoms with E-state index < -0.39 is 0 Å². The van der Waals surface area contributed by atoms with Crippen molar-refractivity contribution in [2.45, 2.75) is 33.2 Å². The van der Waals surface area contributed by atoms with Gasteiger partial charge >= 0.3 is 0 Å². The Labute approximate surface area is 133 Å². The van der Waals surface area contributed by atoms with E-state index in [0.717, 1.165) is 42.0 Å². The summed E-state index contributed by atoms with van der Waals surface area (Å²) in [6.45, 7) is 7.16. The van der Waals surface area contributed by atoms with Gasteiger partial charge in [0.05, 0.1) is 20.3 Å². The molecule has 5 nitrogen and oxygen atoms in total. The van der Waals surface area contributed by atoms with Gasteiger partial charge in [0.2, 0.25) is 0 Å². The molecule has 1 saturated carbocycles. The first kappa shape index (κ1) is 16.5. The molecule has 0 spiro atoms. The molecule has 0 aromatic heterocycles. The van der Waals surface area contributed by atoms with Crippen LogP contribution in [0.4, 0.5) is 0 Å². The van der Waals surface area contributed by atoms with E-state index in [1.54, 1.807) is 7.11 Å². The van der Waals surface area contributed by atoms with Crippen LogP contribution in [0.1, 0.15) is 32.3 Å². The standard InChI is InChI=1S/C17H27N3O2/c1-4-18-17(19-11-13-6-7-13)20-12-14-8-9-15(21-3)16(10-14)22-5-2/h8-10,13H,4-7,11-12H2,1-3H3,(H2,18,19,20). The zero-order valence-electron chi connectivity index (χ0n) is 13.8. The second-order valence-electron chi connectivity index (χ2n) is 5.44. The lowest BCUT2D eigenvalue weighted by Gasteiger charge is -2.12. The largest absolute Gasteiger partial charge is 0.493 e. The number of rotatable bonds is 8. The van der Waals surface area contributed by atoms with Crippen LogP contribution < -0.4 is 20.1 Å². The first-order chi connectivity index (χ1) is 10.8. The average Bonchev–Trinajstić information content (AvgIpc) is 3.35. The molecule has 0 aliphatic heterocycles. The predicted octanol–water partition coefficient (Wildman–Crippen LogP) is 2.56. The van der Waals surface area contributed by atoms with Gasteiger partial charge in [0.15, 0.2) is 17.5 Å². The lowest BCUT2D eigenvalue weighted by molar-refractivity contribution is 0.310. The van der Waals surface area contributed by atoms with Crippen molar-refractivity contribution in [1.29, 1.82) is 0 Å². The smallest absolute Gasteiger partial charge is 0.191 e. The van der Waals surface area contributed by atoms with E-state index in [9.17, 15) is 0 Å². The molecule has 0 heterocycles. The molecule has 0 amide bonds. The average molecular weight is 305 g/mol. The van der Waals surface area contributed by atoms with Crippen LogP contribution in [-0.2, 0) is 6.54 Å². The molecule has 0 bridgehead atoms. The van der Waals surface area contributed by atoms with Crippen molar-refractivity contribution in [2.75, 3.05) is 26.8 Å². The van der Waals surface area contributed by atoms with Gasteiger partial charge in [-0.1, -0.05) is 6.07 Å². The topological polar surface area (TPSA) is 54.9 Å². The zero-order chi connectivity index (χ0) is 15.8. The second kappa shape index (κ2) is 8.51. The first-order valence-electron chi connectivity index (χ1n) is 8.08. The highest BCUT2D eigenvalue weighted by Crippen LogP contribution is 2.28. The van der Waals surface area contributed by atoms with Gasteiger partial charge in [0, 0.05) is 13.1 Å². The van der Waals surface area contributed by atoms with Crippen LogP contribution >= 0.6 is 0 Å². The maximum absolute atomic E-state index is 5.61. The number of benzene rings is 1. The Morgan fingerprint density at radius 1 is 1.23 bits per heavy atom. The molecule has 5 heteroatoms. The normalized spacial score (nSPS) is 14.6. The third-order valence-electron chi connectivity index (χ3n) is 3.55. The minimum Gasteiger partial charge on any atom is -0.493 e. The van der Waals surface area contributed by atoms with Gasteiger partial charge in [0.25, 0.3) is 0 Å². The summed E-state index contributed by atoms with van der Waals surface area (Å²) in [5.41, 5.74) is 1.10. The Hall–Kier alpha value is -1.91. The van der Waals surface area contributed by atoms with Crippen LogP contribution in [0.25, 0.3) is 0 Å². The van der Waals surface area contributed by atoms with E-state index in [1.807, 2.05) is 25.1 Å². The summed E-state index contributed by atoms with van der Waals surface area (Å²) in [6.07, 6.45) is 2.67. The van der Waals surface area contributed by atoms with Crippen LogP contribution in [0.5, 0.6) is 11.5 Å². The minimum atomic E-state index is 0.615. The minimum absolute atomic E-state index is 0.615. The Bertz CT molecular complexity index is 499. The zero-order valence-corrected chi connectivity index (χ0v) is 13.8. The number of nitrogens with one attached hydrogen (secondary N) is 2. The molecular weight excluding hydrogens is 278 g/mol. The van der Waals surface area contributed by atoms with Gasteiger partial charge in [-0.3, -0.25) is 0 Å². The van der Waals surface area contributed by atoms with Crippen molar-refractivity contribution in [1.82, 2.24) is 10.6 Å². The van der Waals surface area contributed by atoms with Crippen molar-refractivity contribution in [3.05, 3.63) is 23.8 Å². The molecule has 0 radical (unpaired) electrons. The van der Waals surface area contributed by atoms with E-state index in [-0.39, 0.29) is 0 Å². The fraction of sp³-hybridized carbons (Fsp3) is 0.588. The molecular formula is C17H27N3O2. The van der Waals surface area contributed by atoms with Crippen molar-refractivity contribution in [3.63, 3.8) is 0 Å². The molecule has 0 unspecified atom stereocenters. The molecule has 1 aromatic rings.